The summed E-state index contributed by atoms with van der Waals surface area (Å²) in [5.41, 5.74) is 0. The average Bonchev–Trinajstić information content (AvgIpc) is 3.36. The average molecular weight is 972 g/mol. The van der Waals surface area contributed by atoms with Gasteiger partial charge in [-0.3, -0.25) is 9.59 Å². The maximum absolute atomic E-state index is 12.9. The molecule has 5 heteroatoms. The van der Waals surface area contributed by atoms with Crippen LogP contribution in [0.1, 0.15) is 265 Å². The maximum atomic E-state index is 12.9. The molecule has 0 bridgehead atoms. The van der Waals surface area contributed by atoms with Crippen molar-refractivity contribution >= 4 is 11.9 Å². The first kappa shape index (κ1) is 66.6. The summed E-state index contributed by atoms with van der Waals surface area (Å²) >= 11 is 0. The van der Waals surface area contributed by atoms with Crippen LogP contribution in [-0.4, -0.2) is 37.9 Å². The second-order valence-electron chi connectivity index (χ2n) is 19.1. The number of carbonyl (C=O) groups is 2. The standard InChI is InChI=1S/C65H110O5/c1-4-7-10-13-16-19-22-25-28-31-33-35-37-40-43-46-49-52-55-58-64(66)69-62-63(61-68-60-57-54-51-48-45-42-39-36-32-29-26-23-20-17-14-11-8-5-2)70-65(67)59-56-53-50-47-44-41-38-34-30-27-24-21-18-15-12-9-6-3/h8-9,11-12,16-21,25-30,36,39,63H,4-7,10,13-15,22-24,31-35,37-38,40-62H2,1-3H3/b11-8-,12-9-,19-16-,20-17-,21-18-,28-25-,29-26-,30-27-,39-36-. The van der Waals surface area contributed by atoms with Gasteiger partial charge in [-0.25, -0.2) is 0 Å². The molecule has 5 nitrogen and oxygen atoms in total. The summed E-state index contributed by atoms with van der Waals surface area (Å²) in [6.45, 7) is 7.54. The van der Waals surface area contributed by atoms with Crippen molar-refractivity contribution in [1.29, 1.82) is 0 Å². The SMILES string of the molecule is CC/C=C\C/C=C\C/C=C\C/C=C\CCCCCCCOCC(COC(=O)CCCCCCCCCCC/C=C\C/C=C\CCCCC)OC(=O)CCCCCCCCC/C=C\C/C=C\C/C=C\CC. The Morgan fingerprint density at radius 2 is 0.643 bits per heavy atom. The number of ether oxygens (including phenoxy) is 3. The number of esters is 2. The quantitative estimate of drug-likeness (QED) is 0.0345. The van der Waals surface area contributed by atoms with Gasteiger partial charge in [-0.05, 0) is 122 Å². The molecule has 70 heavy (non-hydrogen) atoms. The minimum absolute atomic E-state index is 0.0658. The van der Waals surface area contributed by atoms with Gasteiger partial charge in [0.05, 0.1) is 6.61 Å². The van der Waals surface area contributed by atoms with E-state index in [1.165, 1.54) is 116 Å². The highest BCUT2D eigenvalue weighted by Crippen LogP contribution is 2.15. The van der Waals surface area contributed by atoms with E-state index < -0.39 is 6.10 Å². The molecular weight excluding hydrogens is 861 g/mol. The lowest BCUT2D eigenvalue weighted by Gasteiger charge is -2.18. The highest BCUT2D eigenvalue weighted by Gasteiger charge is 2.17. The van der Waals surface area contributed by atoms with Crippen LogP contribution in [0.2, 0.25) is 0 Å². The Morgan fingerprint density at radius 3 is 1.03 bits per heavy atom. The number of carbonyl (C=O) groups excluding carboxylic acids is 2. The first-order valence-corrected chi connectivity index (χ1v) is 29.4. The minimum atomic E-state index is -0.561. The molecule has 0 heterocycles. The highest BCUT2D eigenvalue weighted by atomic mass is 16.6. The van der Waals surface area contributed by atoms with Crippen LogP contribution in [0.25, 0.3) is 0 Å². The van der Waals surface area contributed by atoms with Gasteiger partial charge in [0.15, 0.2) is 6.10 Å². The topological polar surface area (TPSA) is 61.8 Å². The van der Waals surface area contributed by atoms with E-state index in [1.54, 1.807) is 0 Å². The molecule has 0 fully saturated rings. The van der Waals surface area contributed by atoms with Crippen LogP contribution in [0.4, 0.5) is 0 Å². The Labute approximate surface area is 434 Å². The van der Waals surface area contributed by atoms with E-state index in [-0.39, 0.29) is 25.2 Å². The Balaban J connectivity index is 4.35. The largest absolute Gasteiger partial charge is 0.462 e. The van der Waals surface area contributed by atoms with Crippen molar-refractivity contribution in [3.63, 3.8) is 0 Å². The van der Waals surface area contributed by atoms with Crippen molar-refractivity contribution in [2.75, 3.05) is 19.8 Å². The monoisotopic (exact) mass is 971 g/mol. The van der Waals surface area contributed by atoms with Gasteiger partial charge in [-0.15, -0.1) is 0 Å². The second-order valence-corrected chi connectivity index (χ2v) is 19.1. The second kappa shape index (κ2) is 59.9. The van der Waals surface area contributed by atoms with Crippen LogP contribution in [0.5, 0.6) is 0 Å². The first-order chi connectivity index (χ1) is 34.6. The molecule has 0 rings (SSSR count). The predicted molar refractivity (Wildman–Crippen MR) is 306 cm³/mol. The molecule has 0 saturated carbocycles. The van der Waals surface area contributed by atoms with Gasteiger partial charge in [0.25, 0.3) is 0 Å². The van der Waals surface area contributed by atoms with Crippen molar-refractivity contribution in [3.8, 4) is 0 Å². The van der Waals surface area contributed by atoms with Crippen LogP contribution in [0.3, 0.4) is 0 Å². The summed E-state index contributed by atoms with van der Waals surface area (Å²) in [6.07, 6.45) is 82.5. The molecule has 0 aromatic rings. The zero-order valence-corrected chi connectivity index (χ0v) is 46.0. The zero-order valence-electron chi connectivity index (χ0n) is 46.0. The van der Waals surface area contributed by atoms with E-state index in [9.17, 15) is 9.59 Å². The third-order valence-electron chi connectivity index (χ3n) is 12.3. The van der Waals surface area contributed by atoms with Gasteiger partial charge >= 0.3 is 11.9 Å². The Morgan fingerprint density at radius 1 is 0.329 bits per heavy atom. The molecule has 400 valence electrons. The van der Waals surface area contributed by atoms with Gasteiger partial charge in [-0.2, -0.15) is 0 Å². The molecule has 1 atom stereocenters. The van der Waals surface area contributed by atoms with Crippen LogP contribution < -0.4 is 0 Å². The molecule has 0 aliphatic carbocycles. The summed E-state index contributed by atoms with van der Waals surface area (Å²) in [7, 11) is 0. The normalized spacial score (nSPS) is 13.0. The first-order valence-electron chi connectivity index (χ1n) is 29.4. The number of allylic oxidation sites excluding steroid dienone is 18. The molecule has 0 saturated heterocycles. The predicted octanol–water partition coefficient (Wildman–Crippen LogP) is 20.3. The molecule has 0 N–H and O–H groups in total. The molecule has 0 aliphatic heterocycles. The Kier molecular flexibility index (Phi) is 56.9. The fourth-order valence-corrected chi connectivity index (χ4v) is 7.96. The summed E-state index contributed by atoms with van der Waals surface area (Å²) < 4.78 is 17.5. The summed E-state index contributed by atoms with van der Waals surface area (Å²) in [5.74, 6) is -0.423. The van der Waals surface area contributed by atoms with Gasteiger partial charge < -0.3 is 14.2 Å². The molecule has 0 radical (unpaired) electrons. The Bertz CT molecular complexity index is 1380. The van der Waals surface area contributed by atoms with Crippen molar-refractivity contribution in [1.82, 2.24) is 0 Å². The Hall–Kier alpha value is -3.44. The number of hydrogen-bond donors (Lipinski definition) is 0. The molecule has 0 aliphatic rings. The molecule has 0 aromatic heterocycles. The van der Waals surface area contributed by atoms with Crippen molar-refractivity contribution < 1.29 is 23.8 Å². The molecular formula is C65H110O5. The molecule has 0 aromatic carbocycles. The van der Waals surface area contributed by atoms with Gasteiger partial charge in [0.2, 0.25) is 0 Å². The highest BCUT2D eigenvalue weighted by molar-refractivity contribution is 5.70. The van der Waals surface area contributed by atoms with Crippen molar-refractivity contribution in [3.05, 3.63) is 109 Å². The molecule has 0 amide bonds. The number of unbranched alkanes of at least 4 members (excludes halogenated alkanes) is 24. The van der Waals surface area contributed by atoms with Crippen LogP contribution in [0.15, 0.2) is 109 Å². The summed E-state index contributed by atoms with van der Waals surface area (Å²) in [5, 5.41) is 0. The van der Waals surface area contributed by atoms with Gasteiger partial charge in [0.1, 0.15) is 6.61 Å². The van der Waals surface area contributed by atoms with Crippen LogP contribution in [-0.2, 0) is 23.8 Å². The number of rotatable bonds is 53. The maximum Gasteiger partial charge on any atom is 0.306 e. The van der Waals surface area contributed by atoms with E-state index >= 15 is 0 Å². The fraction of sp³-hybridized carbons (Fsp3) is 0.692. The molecule has 0 spiro atoms. The van der Waals surface area contributed by atoms with Crippen LogP contribution >= 0.6 is 0 Å². The smallest absolute Gasteiger partial charge is 0.306 e. The van der Waals surface area contributed by atoms with E-state index in [2.05, 4.69) is 130 Å². The van der Waals surface area contributed by atoms with E-state index in [0.717, 1.165) is 116 Å². The van der Waals surface area contributed by atoms with Crippen molar-refractivity contribution in [2.45, 2.75) is 271 Å². The van der Waals surface area contributed by atoms with Gasteiger partial charge in [0, 0.05) is 19.4 Å². The lowest BCUT2D eigenvalue weighted by atomic mass is 10.1. The van der Waals surface area contributed by atoms with Crippen molar-refractivity contribution in [2.24, 2.45) is 0 Å². The lowest BCUT2D eigenvalue weighted by Crippen LogP contribution is -2.30. The molecule has 1 unspecified atom stereocenters. The third kappa shape index (κ3) is 57.1. The number of hydrogen-bond acceptors (Lipinski definition) is 5. The minimum Gasteiger partial charge on any atom is -0.462 e. The van der Waals surface area contributed by atoms with Gasteiger partial charge in [-0.1, -0.05) is 239 Å². The third-order valence-corrected chi connectivity index (χ3v) is 12.3. The van der Waals surface area contributed by atoms with E-state index in [0.29, 0.717) is 19.4 Å². The summed E-state index contributed by atoms with van der Waals surface area (Å²) in [4.78, 5) is 25.6. The van der Waals surface area contributed by atoms with Crippen LogP contribution in [0, 0.1) is 0 Å². The summed E-state index contributed by atoms with van der Waals surface area (Å²) in [6, 6.07) is 0. The lowest BCUT2D eigenvalue weighted by molar-refractivity contribution is -0.163. The zero-order chi connectivity index (χ0) is 50.6. The van der Waals surface area contributed by atoms with E-state index in [1.807, 2.05) is 0 Å². The van der Waals surface area contributed by atoms with E-state index in [4.69, 9.17) is 14.2 Å². The fourth-order valence-electron chi connectivity index (χ4n) is 7.96.